The van der Waals surface area contributed by atoms with Crippen LogP contribution in [-0.4, -0.2) is 58.2 Å². The third-order valence-electron chi connectivity index (χ3n) is 7.67. The predicted molar refractivity (Wildman–Crippen MR) is 115 cm³/mol. The molecule has 0 radical (unpaired) electrons. The summed E-state index contributed by atoms with van der Waals surface area (Å²) in [6, 6.07) is 0.517. The number of amides is 1. The lowest BCUT2D eigenvalue weighted by atomic mass is 9.77. The summed E-state index contributed by atoms with van der Waals surface area (Å²) in [7, 11) is 0. The standard InChI is InChI=1S/C22H30N4O2S/c1-14-19(15(2)28-24-14)20(27)25-8-5-22(6-9-25)7-10-26(13-22)21(29)23-18-12-16-3-4-17(18)11-16/h3-4,16-18H,5-13H2,1-2H3,(H,23,29). The lowest BCUT2D eigenvalue weighted by Crippen LogP contribution is -2.48. The van der Waals surface area contributed by atoms with Crippen LogP contribution in [-0.2, 0) is 0 Å². The first-order valence-electron chi connectivity index (χ1n) is 10.9. The minimum atomic E-state index is 0.0625. The van der Waals surface area contributed by atoms with Crippen molar-refractivity contribution < 1.29 is 9.32 Å². The molecule has 7 heteroatoms. The summed E-state index contributed by atoms with van der Waals surface area (Å²) in [6.45, 7) is 7.29. The minimum Gasteiger partial charge on any atom is -0.361 e. The number of hydrogen-bond acceptors (Lipinski definition) is 4. The summed E-state index contributed by atoms with van der Waals surface area (Å²) < 4.78 is 5.18. The van der Waals surface area contributed by atoms with Crippen LogP contribution in [0.15, 0.2) is 16.7 Å². The Morgan fingerprint density at radius 2 is 1.90 bits per heavy atom. The first-order valence-corrected chi connectivity index (χ1v) is 11.3. The third-order valence-corrected chi connectivity index (χ3v) is 8.05. The molecule has 1 amide bonds. The predicted octanol–water partition coefficient (Wildman–Crippen LogP) is 3.06. The molecule has 29 heavy (non-hydrogen) atoms. The second-order valence-electron chi connectivity index (χ2n) is 9.50. The Morgan fingerprint density at radius 3 is 2.48 bits per heavy atom. The van der Waals surface area contributed by atoms with E-state index in [-0.39, 0.29) is 11.3 Å². The van der Waals surface area contributed by atoms with Gasteiger partial charge in [-0.05, 0) is 75.4 Å². The van der Waals surface area contributed by atoms with Crippen LogP contribution in [0.3, 0.4) is 0 Å². The number of piperidine rings is 1. The highest BCUT2D eigenvalue weighted by Gasteiger charge is 2.43. The van der Waals surface area contributed by atoms with Crippen molar-refractivity contribution in [2.75, 3.05) is 26.2 Å². The number of likely N-dealkylation sites (tertiary alicyclic amines) is 2. The van der Waals surface area contributed by atoms with Crippen LogP contribution in [0.4, 0.5) is 0 Å². The topological polar surface area (TPSA) is 61.6 Å². The van der Waals surface area contributed by atoms with E-state index in [4.69, 9.17) is 16.7 Å². The van der Waals surface area contributed by atoms with Crippen LogP contribution < -0.4 is 5.32 Å². The molecular weight excluding hydrogens is 384 g/mol. The maximum atomic E-state index is 12.9. The Balaban J connectivity index is 1.16. The number of nitrogens with zero attached hydrogens (tertiary/aromatic N) is 3. The average molecular weight is 415 g/mol. The Bertz CT molecular complexity index is 835. The number of allylic oxidation sites excluding steroid dienone is 1. The van der Waals surface area contributed by atoms with E-state index in [9.17, 15) is 4.79 Å². The molecule has 3 unspecified atom stereocenters. The number of thiocarbonyl (C=S) groups is 1. The molecule has 1 saturated carbocycles. The quantitative estimate of drug-likeness (QED) is 0.593. The molecule has 0 aromatic carbocycles. The Hall–Kier alpha value is -1.89. The van der Waals surface area contributed by atoms with Crippen molar-refractivity contribution in [3.63, 3.8) is 0 Å². The molecule has 2 aliphatic carbocycles. The van der Waals surface area contributed by atoms with Crippen LogP contribution >= 0.6 is 12.2 Å². The fourth-order valence-corrected chi connectivity index (χ4v) is 6.15. The summed E-state index contributed by atoms with van der Waals surface area (Å²) in [5, 5.41) is 8.52. The second kappa shape index (κ2) is 7.11. The lowest BCUT2D eigenvalue weighted by molar-refractivity contribution is 0.0596. The normalized spacial score (nSPS) is 29.8. The highest BCUT2D eigenvalue weighted by Crippen LogP contribution is 2.42. The summed E-state index contributed by atoms with van der Waals surface area (Å²) >= 11 is 5.77. The molecule has 5 rings (SSSR count). The van der Waals surface area contributed by atoms with Crippen LogP contribution in [0.25, 0.3) is 0 Å². The van der Waals surface area contributed by atoms with Crippen molar-refractivity contribution in [1.29, 1.82) is 0 Å². The average Bonchev–Trinajstić information content (AvgIpc) is 3.48. The largest absolute Gasteiger partial charge is 0.361 e. The molecular formula is C22H30N4O2S. The number of aromatic nitrogens is 1. The van der Waals surface area contributed by atoms with Gasteiger partial charge in [0.15, 0.2) is 5.11 Å². The first-order chi connectivity index (χ1) is 13.9. The Kier molecular flexibility index (Phi) is 4.68. The molecule has 2 saturated heterocycles. The molecule has 2 aliphatic heterocycles. The van der Waals surface area contributed by atoms with Gasteiger partial charge in [-0.3, -0.25) is 4.79 Å². The molecule has 2 bridgehead atoms. The maximum absolute atomic E-state index is 12.9. The van der Waals surface area contributed by atoms with E-state index in [1.54, 1.807) is 0 Å². The number of carbonyl (C=O) groups excluding carboxylic acids is 1. The molecule has 1 aromatic rings. The van der Waals surface area contributed by atoms with Crippen LogP contribution in [0.5, 0.6) is 0 Å². The van der Waals surface area contributed by atoms with Gasteiger partial charge in [0.25, 0.3) is 5.91 Å². The van der Waals surface area contributed by atoms with Crippen molar-refractivity contribution in [1.82, 2.24) is 20.3 Å². The number of nitrogens with one attached hydrogen (secondary N) is 1. The first kappa shape index (κ1) is 19.1. The zero-order chi connectivity index (χ0) is 20.2. The number of fused-ring (bicyclic) bond motifs is 2. The minimum absolute atomic E-state index is 0.0625. The van der Waals surface area contributed by atoms with Crippen molar-refractivity contribution in [3.05, 3.63) is 29.2 Å². The van der Waals surface area contributed by atoms with Gasteiger partial charge in [0.05, 0.1) is 5.69 Å². The van der Waals surface area contributed by atoms with Gasteiger partial charge in [0.2, 0.25) is 0 Å². The van der Waals surface area contributed by atoms with Gasteiger partial charge in [0.1, 0.15) is 11.3 Å². The highest BCUT2D eigenvalue weighted by atomic mass is 32.1. The maximum Gasteiger partial charge on any atom is 0.259 e. The summed E-state index contributed by atoms with van der Waals surface area (Å²) in [5.74, 6) is 2.09. The highest BCUT2D eigenvalue weighted by molar-refractivity contribution is 7.80. The van der Waals surface area contributed by atoms with Gasteiger partial charge in [-0.15, -0.1) is 0 Å². The van der Waals surface area contributed by atoms with E-state index in [0.29, 0.717) is 29.0 Å². The Labute approximate surface area is 177 Å². The fourth-order valence-electron chi connectivity index (χ4n) is 5.84. The van der Waals surface area contributed by atoms with Gasteiger partial charge >= 0.3 is 0 Å². The van der Waals surface area contributed by atoms with E-state index in [0.717, 1.165) is 50.1 Å². The molecule has 1 aromatic heterocycles. The van der Waals surface area contributed by atoms with E-state index < -0.39 is 0 Å². The van der Waals surface area contributed by atoms with Gasteiger partial charge < -0.3 is 19.6 Å². The number of rotatable bonds is 2. The molecule has 4 aliphatic rings. The third kappa shape index (κ3) is 3.37. The van der Waals surface area contributed by atoms with Crippen molar-refractivity contribution >= 4 is 23.2 Å². The molecule has 1 spiro atoms. The van der Waals surface area contributed by atoms with Crippen molar-refractivity contribution in [3.8, 4) is 0 Å². The number of hydrogen-bond donors (Lipinski definition) is 1. The van der Waals surface area contributed by atoms with Crippen LogP contribution in [0.2, 0.25) is 0 Å². The Morgan fingerprint density at radius 1 is 1.17 bits per heavy atom. The van der Waals surface area contributed by atoms with Crippen LogP contribution in [0.1, 0.15) is 53.9 Å². The van der Waals surface area contributed by atoms with E-state index in [1.807, 2.05) is 18.7 Å². The SMILES string of the molecule is Cc1noc(C)c1C(=O)N1CCC2(CC1)CCN(C(=S)NC1CC3C=CC1C3)C2. The number of aryl methyl sites for hydroxylation is 2. The smallest absolute Gasteiger partial charge is 0.259 e. The summed E-state index contributed by atoms with van der Waals surface area (Å²) in [5.41, 5.74) is 1.61. The van der Waals surface area contributed by atoms with E-state index >= 15 is 0 Å². The monoisotopic (exact) mass is 414 g/mol. The van der Waals surface area contributed by atoms with Gasteiger partial charge in [-0.2, -0.15) is 0 Å². The zero-order valence-electron chi connectivity index (χ0n) is 17.3. The van der Waals surface area contributed by atoms with Gasteiger partial charge in [0, 0.05) is 32.2 Å². The van der Waals surface area contributed by atoms with Gasteiger partial charge in [-0.1, -0.05) is 17.3 Å². The zero-order valence-corrected chi connectivity index (χ0v) is 18.1. The molecule has 3 fully saturated rings. The summed E-state index contributed by atoms with van der Waals surface area (Å²) in [6.07, 6.45) is 10.5. The van der Waals surface area contributed by atoms with Crippen molar-refractivity contribution in [2.24, 2.45) is 17.3 Å². The summed E-state index contributed by atoms with van der Waals surface area (Å²) in [4.78, 5) is 17.3. The van der Waals surface area contributed by atoms with Gasteiger partial charge in [-0.25, -0.2) is 0 Å². The molecule has 156 valence electrons. The molecule has 3 atom stereocenters. The lowest BCUT2D eigenvalue weighted by Gasteiger charge is -2.39. The second-order valence-corrected chi connectivity index (χ2v) is 9.89. The molecule has 3 heterocycles. The van der Waals surface area contributed by atoms with Crippen molar-refractivity contribution in [2.45, 2.75) is 52.0 Å². The van der Waals surface area contributed by atoms with E-state index in [2.05, 4.69) is 27.5 Å². The molecule has 1 N–H and O–H groups in total. The van der Waals surface area contributed by atoms with E-state index in [1.165, 1.54) is 19.3 Å². The number of carbonyl (C=O) groups is 1. The van der Waals surface area contributed by atoms with Crippen LogP contribution in [0, 0.1) is 31.1 Å². The molecule has 6 nitrogen and oxygen atoms in total. The fraction of sp³-hybridized carbons (Fsp3) is 0.682.